The van der Waals surface area contributed by atoms with Crippen molar-refractivity contribution in [2.75, 3.05) is 12.8 Å². The van der Waals surface area contributed by atoms with Gasteiger partial charge in [-0.2, -0.15) is 0 Å². The van der Waals surface area contributed by atoms with Crippen LogP contribution >= 0.6 is 11.3 Å². The highest BCUT2D eigenvalue weighted by molar-refractivity contribution is 7.15. The van der Waals surface area contributed by atoms with Crippen molar-refractivity contribution in [3.8, 4) is 0 Å². The van der Waals surface area contributed by atoms with Crippen LogP contribution in [-0.4, -0.2) is 23.6 Å². The zero-order valence-electron chi connectivity index (χ0n) is 10.4. The number of thiazole rings is 1. The SMILES string of the molecule is CCCC(C)(NCc1cnc(N)s1)C(=O)OC. The van der Waals surface area contributed by atoms with Crippen LogP contribution in [0.25, 0.3) is 0 Å². The first-order valence-electron chi connectivity index (χ1n) is 5.55. The first-order chi connectivity index (χ1) is 8.01. The number of nitrogens with two attached hydrogens (primary N) is 1. The highest BCUT2D eigenvalue weighted by Crippen LogP contribution is 2.18. The smallest absolute Gasteiger partial charge is 0.325 e. The van der Waals surface area contributed by atoms with Gasteiger partial charge in [-0.15, -0.1) is 11.3 Å². The second-order valence-electron chi connectivity index (χ2n) is 4.09. The fourth-order valence-electron chi connectivity index (χ4n) is 1.67. The third-order valence-electron chi connectivity index (χ3n) is 2.61. The third-order valence-corrected chi connectivity index (χ3v) is 3.44. The lowest BCUT2D eigenvalue weighted by atomic mass is 9.96. The maximum atomic E-state index is 11.7. The molecule has 0 bridgehead atoms. The minimum Gasteiger partial charge on any atom is -0.468 e. The largest absolute Gasteiger partial charge is 0.468 e. The van der Waals surface area contributed by atoms with E-state index in [0.717, 1.165) is 17.7 Å². The molecule has 1 aromatic heterocycles. The van der Waals surface area contributed by atoms with Crippen LogP contribution in [0.5, 0.6) is 0 Å². The lowest BCUT2D eigenvalue weighted by Crippen LogP contribution is -2.49. The summed E-state index contributed by atoms with van der Waals surface area (Å²) in [6.07, 6.45) is 3.36. The van der Waals surface area contributed by atoms with Gasteiger partial charge in [-0.25, -0.2) is 4.98 Å². The predicted molar refractivity (Wildman–Crippen MR) is 68.7 cm³/mol. The van der Waals surface area contributed by atoms with Gasteiger partial charge < -0.3 is 10.5 Å². The summed E-state index contributed by atoms with van der Waals surface area (Å²) in [6, 6.07) is 0. The van der Waals surface area contributed by atoms with E-state index < -0.39 is 5.54 Å². The van der Waals surface area contributed by atoms with Gasteiger partial charge in [0.25, 0.3) is 0 Å². The summed E-state index contributed by atoms with van der Waals surface area (Å²) in [5.41, 5.74) is 4.90. The Kier molecular flexibility index (Phi) is 4.89. The molecule has 17 heavy (non-hydrogen) atoms. The van der Waals surface area contributed by atoms with Crippen molar-refractivity contribution in [1.82, 2.24) is 10.3 Å². The van der Waals surface area contributed by atoms with Gasteiger partial charge in [0.2, 0.25) is 0 Å². The molecule has 1 aromatic rings. The number of hydrogen-bond donors (Lipinski definition) is 2. The lowest BCUT2D eigenvalue weighted by Gasteiger charge is -2.27. The van der Waals surface area contributed by atoms with E-state index in [0.29, 0.717) is 11.7 Å². The van der Waals surface area contributed by atoms with Crippen LogP contribution < -0.4 is 11.1 Å². The molecule has 0 spiro atoms. The average Bonchev–Trinajstić information content (AvgIpc) is 2.72. The molecular formula is C11H19N3O2S. The van der Waals surface area contributed by atoms with Crippen LogP contribution in [-0.2, 0) is 16.1 Å². The van der Waals surface area contributed by atoms with E-state index in [2.05, 4.69) is 10.3 Å². The Hall–Kier alpha value is -1.14. The second kappa shape index (κ2) is 5.97. The van der Waals surface area contributed by atoms with Crippen LogP contribution in [0.4, 0.5) is 5.13 Å². The molecule has 0 saturated heterocycles. The number of carbonyl (C=O) groups excluding carboxylic acids is 1. The van der Waals surface area contributed by atoms with Gasteiger partial charge in [0.1, 0.15) is 5.54 Å². The van der Waals surface area contributed by atoms with Gasteiger partial charge in [0, 0.05) is 17.6 Å². The van der Waals surface area contributed by atoms with Crippen LogP contribution in [0.1, 0.15) is 31.6 Å². The number of anilines is 1. The summed E-state index contributed by atoms with van der Waals surface area (Å²) < 4.78 is 4.82. The Morgan fingerprint density at radius 3 is 2.88 bits per heavy atom. The summed E-state index contributed by atoms with van der Waals surface area (Å²) in [5, 5.41) is 3.76. The maximum Gasteiger partial charge on any atom is 0.325 e. The number of carbonyl (C=O) groups is 1. The Balaban J connectivity index is 2.64. The number of ether oxygens (including phenoxy) is 1. The van der Waals surface area contributed by atoms with Gasteiger partial charge in [-0.05, 0) is 13.3 Å². The molecule has 6 heteroatoms. The van der Waals surface area contributed by atoms with Crippen molar-refractivity contribution in [1.29, 1.82) is 0 Å². The van der Waals surface area contributed by atoms with Gasteiger partial charge in [-0.3, -0.25) is 10.1 Å². The van der Waals surface area contributed by atoms with Crippen LogP contribution in [0, 0.1) is 0 Å². The average molecular weight is 257 g/mol. The third kappa shape index (κ3) is 3.67. The minimum absolute atomic E-state index is 0.239. The van der Waals surface area contributed by atoms with Gasteiger partial charge >= 0.3 is 5.97 Å². The monoisotopic (exact) mass is 257 g/mol. The van der Waals surface area contributed by atoms with E-state index in [4.69, 9.17) is 10.5 Å². The maximum absolute atomic E-state index is 11.7. The van der Waals surface area contributed by atoms with E-state index in [1.807, 2.05) is 13.8 Å². The topological polar surface area (TPSA) is 77.2 Å². The molecule has 0 aromatic carbocycles. The molecule has 1 rings (SSSR count). The molecule has 0 aliphatic rings. The van der Waals surface area contributed by atoms with Crippen LogP contribution in [0.15, 0.2) is 6.20 Å². The molecule has 0 saturated carbocycles. The Bertz CT molecular complexity index is 381. The Labute approximate surface area is 105 Å². The van der Waals surface area contributed by atoms with E-state index in [1.165, 1.54) is 18.4 Å². The molecule has 3 N–H and O–H groups in total. The fraction of sp³-hybridized carbons (Fsp3) is 0.636. The zero-order valence-corrected chi connectivity index (χ0v) is 11.3. The predicted octanol–water partition coefficient (Wildman–Crippen LogP) is 1.55. The van der Waals surface area contributed by atoms with Crippen molar-refractivity contribution in [3.05, 3.63) is 11.1 Å². The number of methoxy groups -OCH3 is 1. The number of esters is 1. The molecule has 96 valence electrons. The van der Waals surface area contributed by atoms with Crippen molar-refractivity contribution in [2.24, 2.45) is 0 Å². The second-order valence-corrected chi connectivity index (χ2v) is 5.24. The van der Waals surface area contributed by atoms with Crippen molar-refractivity contribution in [3.63, 3.8) is 0 Å². The quantitative estimate of drug-likeness (QED) is 0.756. The number of aromatic nitrogens is 1. The number of rotatable bonds is 6. The van der Waals surface area contributed by atoms with Crippen molar-refractivity contribution >= 4 is 22.4 Å². The molecule has 0 aliphatic heterocycles. The van der Waals surface area contributed by atoms with Gasteiger partial charge in [-0.1, -0.05) is 13.3 Å². The first-order valence-corrected chi connectivity index (χ1v) is 6.37. The minimum atomic E-state index is -0.651. The van der Waals surface area contributed by atoms with E-state index in [1.54, 1.807) is 6.20 Å². The van der Waals surface area contributed by atoms with Crippen molar-refractivity contribution in [2.45, 2.75) is 38.8 Å². The number of nitrogen functional groups attached to an aromatic ring is 1. The summed E-state index contributed by atoms with van der Waals surface area (Å²) >= 11 is 1.42. The molecule has 0 amide bonds. The Morgan fingerprint density at radius 2 is 2.41 bits per heavy atom. The molecule has 0 radical (unpaired) electrons. The molecule has 1 atom stereocenters. The van der Waals surface area contributed by atoms with E-state index in [9.17, 15) is 4.79 Å². The normalized spacial score (nSPS) is 14.3. The molecular weight excluding hydrogens is 238 g/mol. The standard InChI is InChI=1S/C11H19N3O2S/c1-4-5-11(2,9(15)16-3)14-7-8-6-13-10(12)17-8/h6,14H,4-5,7H2,1-3H3,(H2,12,13). The summed E-state index contributed by atoms with van der Waals surface area (Å²) in [6.45, 7) is 4.46. The van der Waals surface area contributed by atoms with Crippen LogP contribution in [0.3, 0.4) is 0 Å². The Morgan fingerprint density at radius 1 is 1.71 bits per heavy atom. The number of hydrogen-bond acceptors (Lipinski definition) is 6. The van der Waals surface area contributed by atoms with Gasteiger partial charge in [0.05, 0.1) is 7.11 Å². The zero-order chi connectivity index (χ0) is 12.9. The molecule has 1 unspecified atom stereocenters. The molecule has 0 aliphatic carbocycles. The van der Waals surface area contributed by atoms with Crippen LogP contribution in [0.2, 0.25) is 0 Å². The molecule has 5 nitrogen and oxygen atoms in total. The highest BCUT2D eigenvalue weighted by atomic mass is 32.1. The summed E-state index contributed by atoms with van der Waals surface area (Å²) in [4.78, 5) is 16.7. The number of nitrogens with one attached hydrogen (secondary N) is 1. The fourth-order valence-corrected chi connectivity index (χ4v) is 2.30. The van der Waals surface area contributed by atoms with Crippen molar-refractivity contribution < 1.29 is 9.53 Å². The lowest BCUT2D eigenvalue weighted by molar-refractivity contribution is -0.148. The molecule has 1 heterocycles. The summed E-state index contributed by atoms with van der Waals surface area (Å²) in [5.74, 6) is -0.239. The van der Waals surface area contributed by atoms with E-state index in [-0.39, 0.29) is 5.97 Å². The highest BCUT2D eigenvalue weighted by Gasteiger charge is 2.32. The van der Waals surface area contributed by atoms with Gasteiger partial charge in [0.15, 0.2) is 5.13 Å². The molecule has 0 fully saturated rings. The summed E-state index contributed by atoms with van der Waals surface area (Å²) in [7, 11) is 1.41. The number of nitrogens with zero attached hydrogens (tertiary/aromatic N) is 1. The van der Waals surface area contributed by atoms with E-state index >= 15 is 0 Å². The first kappa shape index (κ1) is 13.9.